The van der Waals surface area contributed by atoms with Gasteiger partial charge in [0.15, 0.2) is 0 Å². The summed E-state index contributed by atoms with van der Waals surface area (Å²) in [5.41, 5.74) is 1.53. The third kappa shape index (κ3) is 3.53. The lowest BCUT2D eigenvalue weighted by Gasteiger charge is -2.17. The molecule has 1 unspecified atom stereocenters. The summed E-state index contributed by atoms with van der Waals surface area (Å²) < 4.78 is 13.4. The Kier molecular flexibility index (Phi) is 4.56. The van der Waals surface area contributed by atoms with Gasteiger partial charge in [-0.05, 0) is 42.8 Å². The van der Waals surface area contributed by atoms with E-state index in [-0.39, 0.29) is 11.1 Å². The molecule has 0 aromatic heterocycles. The first-order chi connectivity index (χ1) is 8.97. The van der Waals surface area contributed by atoms with E-state index < -0.39 is 5.82 Å². The zero-order valence-corrected chi connectivity index (χ0v) is 12.3. The van der Waals surface area contributed by atoms with Crippen LogP contribution < -0.4 is 5.32 Å². The van der Waals surface area contributed by atoms with Crippen molar-refractivity contribution in [1.82, 2.24) is 0 Å². The summed E-state index contributed by atoms with van der Waals surface area (Å²) in [6.45, 7) is 1.91. The first-order valence-corrected chi connectivity index (χ1v) is 6.77. The van der Waals surface area contributed by atoms with Gasteiger partial charge in [-0.3, -0.25) is 0 Å². The molecule has 0 aliphatic carbocycles. The molecule has 1 atom stereocenters. The fraction of sp³-hybridized carbons (Fsp3) is 0.143. The van der Waals surface area contributed by atoms with Crippen LogP contribution in [0.2, 0.25) is 15.1 Å². The highest BCUT2D eigenvalue weighted by Gasteiger charge is 2.10. The highest BCUT2D eigenvalue weighted by Crippen LogP contribution is 2.29. The van der Waals surface area contributed by atoms with Gasteiger partial charge >= 0.3 is 0 Å². The van der Waals surface area contributed by atoms with Crippen LogP contribution in [0.25, 0.3) is 0 Å². The summed E-state index contributed by atoms with van der Waals surface area (Å²) >= 11 is 17.6. The number of hydrogen-bond donors (Lipinski definition) is 1. The van der Waals surface area contributed by atoms with Gasteiger partial charge in [-0.2, -0.15) is 0 Å². The van der Waals surface area contributed by atoms with Crippen LogP contribution in [0.1, 0.15) is 18.5 Å². The number of benzene rings is 2. The number of halogens is 4. The summed E-state index contributed by atoms with van der Waals surface area (Å²) in [6, 6.07) is 9.79. The van der Waals surface area contributed by atoms with Crippen LogP contribution in [0.15, 0.2) is 36.4 Å². The number of rotatable bonds is 3. The van der Waals surface area contributed by atoms with Crippen molar-refractivity contribution in [3.63, 3.8) is 0 Å². The van der Waals surface area contributed by atoms with Crippen molar-refractivity contribution in [3.8, 4) is 0 Å². The van der Waals surface area contributed by atoms with Gasteiger partial charge in [-0.15, -0.1) is 0 Å². The number of nitrogens with one attached hydrogen (secondary N) is 1. The molecule has 0 saturated heterocycles. The molecule has 2 aromatic rings. The predicted molar refractivity (Wildman–Crippen MR) is 79.9 cm³/mol. The van der Waals surface area contributed by atoms with Crippen molar-refractivity contribution < 1.29 is 4.39 Å². The highest BCUT2D eigenvalue weighted by atomic mass is 35.5. The SMILES string of the molecule is CC(Nc1ccc(Cl)cc1Cl)c1ccc(Cl)c(F)c1. The lowest BCUT2D eigenvalue weighted by Crippen LogP contribution is -2.07. The van der Waals surface area contributed by atoms with E-state index in [2.05, 4.69) is 5.32 Å². The minimum absolute atomic E-state index is 0.106. The zero-order chi connectivity index (χ0) is 14.0. The van der Waals surface area contributed by atoms with E-state index in [4.69, 9.17) is 34.8 Å². The van der Waals surface area contributed by atoms with Crippen molar-refractivity contribution in [2.45, 2.75) is 13.0 Å². The monoisotopic (exact) mass is 317 g/mol. The molecule has 19 heavy (non-hydrogen) atoms. The summed E-state index contributed by atoms with van der Waals surface area (Å²) in [6.07, 6.45) is 0. The Balaban J connectivity index is 2.20. The molecule has 2 rings (SSSR count). The molecule has 0 aliphatic rings. The van der Waals surface area contributed by atoms with Gasteiger partial charge < -0.3 is 5.32 Å². The van der Waals surface area contributed by atoms with Gasteiger partial charge in [-0.25, -0.2) is 4.39 Å². The second-order valence-corrected chi connectivity index (χ2v) is 5.41. The molecule has 0 heterocycles. The summed E-state index contributed by atoms with van der Waals surface area (Å²) in [5, 5.41) is 4.40. The van der Waals surface area contributed by atoms with Gasteiger partial charge in [0.05, 0.1) is 15.7 Å². The standard InChI is InChI=1S/C14H11Cl3FN/c1-8(9-2-4-11(16)13(18)6-9)19-14-5-3-10(15)7-12(14)17/h2-8,19H,1H3. The van der Waals surface area contributed by atoms with Crippen LogP contribution in [0.3, 0.4) is 0 Å². The van der Waals surface area contributed by atoms with E-state index in [9.17, 15) is 4.39 Å². The Hall–Kier alpha value is -0.960. The maximum atomic E-state index is 13.4. The smallest absolute Gasteiger partial charge is 0.142 e. The Labute approximate surface area is 126 Å². The normalized spacial score (nSPS) is 12.3. The average Bonchev–Trinajstić information content (AvgIpc) is 2.36. The van der Waals surface area contributed by atoms with Gasteiger partial charge in [0.1, 0.15) is 5.82 Å². The third-order valence-corrected chi connectivity index (χ3v) is 3.60. The lowest BCUT2D eigenvalue weighted by molar-refractivity contribution is 0.624. The highest BCUT2D eigenvalue weighted by molar-refractivity contribution is 6.36. The summed E-state index contributed by atoms with van der Waals surface area (Å²) in [7, 11) is 0. The van der Waals surface area contributed by atoms with Crippen LogP contribution in [-0.2, 0) is 0 Å². The number of anilines is 1. The first-order valence-electron chi connectivity index (χ1n) is 5.64. The Morgan fingerprint density at radius 1 is 1.00 bits per heavy atom. The summed E-state index contributed by atoms with van der Waals surface area (Å²) in [4.78, 5) is 0. The molecule has 0 aliphatic heterocycles. The molecule has 2 aromatic carbocycles. The van der Waals surface area contributed by atoms with E-state index in [1.54, 1.807) is 24.3 Å². The van der Waals surface area contributed by atoms with Gasteiger partial charge in [0, 0.05) is 11.1 Å². The van der Waals surface area contributed by atoms with Crippen molar-refractivity contribution >= 4 is 40.5 Å². The molecule has 100 valence electrons. The zero-order valence-electron chi connectivity index (χ0n) is 10.1. The molecular formula is C14H11Cl3FN. The third-order valence-electron chi connectivity index (χ3n) is 2.75. The van der Waals surface area contributed by atoms with E-state index in [0.29, 0.717) is 10.0 Å². The van der Waals surface area contributed by atoms with Crippen LogP contribution in [0.4, 0.5) is 10.1 Å². The summed E-state index contributed by atoms with van der Waals surface area (Å²) in [5.74, 6) is -0.435. The molecule has 0 amide bonds. The van der Waals surface area contributed by atoms with Crippen molar-refractivity contribution in [2.75, 3.05) is 5.32 Å². The van der Waals surface area contributed by atoms with E-state index in [1.807, 2.05) is 6.92 Å². The molecule has 1 N–H and O–H groups in total. The fourth-order valence-corrected chi connectivity index (χ4v) is 2.29. The van der Waals surface area contributed by atoms with Crippen molar-refractivity contribution in [1.29, 1.82) is 0 Å². The topological polar surface area (TPSA) is 12.0 Å². The molecule has 0 bridgehead atoms. The van der Waals surface area contributed by atoms with Crippen LogP contribution >= 0.6 is 34.8 Å². The van der Waals surface area contributed by atoms with Gasteiger partial charge in [0.2, 0.25) is 0 Å². The Morgan fingerprint density at radius 3 is 2.37 bits per heavy atom. The lowest BCUT2D eigenvalue weighted by atomic mass is 10.1. The van der Waals surface area contributed by atoms with Crippen LogP contribution in [0, 0.1) is 5.82 Å². The van der Waals surface area contributed by atoms with E-state index in [1.165, 1.54) is 12.1 Å². The fourth-order valence-electron chi connectivity index (χ4n) is 1.70. The molecule has 0 spiro atoms. The minimum atomic E-state index is -0.435. The molecule has 0 fully saturated rings. The number of hydrogen-bond acceptors (Lipinski definition) is 1. The van der Waals surface area contributed by atoms with Crippen molar-refractivity contribution in [2.24, 2.45) is 0 Å². The molecule has 5 heteroatoms. The van der Waals surface area contributed by atoms with Gasteiger partial charge in [-0.1, -0.05) is 40.9 Å². The van der Waals surface area contributed by atoms with E-state index >= 15 is 0 Å². The van der Waals surface area contributed by atoms with Gasteiger partial charge in [0.25, 0.3) is 0 Å². The Bertz CT molecular complexity index is 601. The molecule has 0 radical (unpaired) electrons. The molecule has 0 saturated carbocycles. The minimum Gasteiger partial charge on any atom is -0.377 e. The average molecular weight is 319 g/mol. The van der Waals surface area contributed by atoms with Crippen LogP contribution in [-0.4, -0.2) is 0 Å². The second kappa shape index (κ2) is 6.00. The Morgan fingerprint density at radius 2 is 1.74 bits per heavy atom. The van der Waals surface area contributed by atoms with Crippen molar-refractivity contribution in [3.05, 3.63) is 62.8 Å². The second-order valence-electron chi connectivity index (χ2n) is 4.16. The quantitative estimate of drug-likeness (QED) is 0.736. The molecule has 1 nitrogen and oxygen atoms in total. The van der Waals surface area contributed by atoms with E-state index in [0.717, 1.165) is 11.3 Å². The molecular weight excluding hydrogens is 308 g/mol. The predicted octanol–water partition coefficient (Wildman–Crippen LogP) is 5.96. The largest absolute Gasteiger partial charge is 0.377 e. The van der Waals surface area contributed by atoms with Crippen LogP contribution in [0.5, 0.6) is 0 Å². The first kappa shape index (κ1) is 14.4. The maximum absolute atomic E-state index is 13.4. The maximum Gasteiger partial charge on any atom is 0.142 e.